The van der Waals surface area contributed by atoms with Gasteiger partial charge < -0.3 is 24.1 Å². The molecule has 33 heavy (non-hydrogen) atoms. The molecule has 5 rings (SSSR count). The van der Waals surface area contributed by atoms with Crippen LogP contribution < -0.4 is 10.9 Å². The first-order valence-electron chi connectivity index (χ1n) is 11.9. The molecule has 174 valence electrons. The van der Waals surface area contributed by atoms with E-state index in [0.717, 1.165) is 61.3 Å². The molecular formula is C26H32N4O3. The molecule has 1 fully saturated rings. The van der Waals surface area contributed by atoms with Gasteiger partial charge in [-0.3, -0.25) is 9.59 Å². The average Bonchev–Trinajstić information content (AvgIpc) is 3.16. The lowest BCUT2D eigenvalue weighted by Crippen LogP contribution is -2.48. The first-order valence-corrected chi connectivity index (χ1v) is 11.9. The Bertz CT molecular complexity index is 1200. The minimum atomic E-state index is 0.0544. The SMILES string of the molecule is COCCn1cc(CC(=O)NCCN2CC3CC(C2)c2cccc(=O)n2C3)c2ccccc21. The predicted molar refractivity (Wildman–Crippen MR) is 129 cm³/mol. The van der Waals surface area contributed by atoms with Crippen LogP contribution in [-0.4, -0.2) is 59.8 Å². The van der Waals surface area contributed by atoms with E-state index in [9.17, 15) is 9.59 Å². The van der Waals surface area contributed by atoms with Crippen molar-refractivity contribution in [1.29, 1.82) is 0 Å². The van der Waals surface area contributed by atoms with Crippen LogP contribution in [0.15, 0.2) is 53.5 Å². The molecule has 4 heterocycles. The third-order valence-corrected chi connectivity index (χ3v) is 7.06. The van der Waals surface area contributed by atoms with Gasteiger partial charge in [0, 0.05) is 81.2 Å². The molecule has 2 aromatic heterocycles. The first kappa shape index (κ1) is 21.9. The standard InChI is InChI=1S/C26H32N4O3/c1-33-12-11-29-18-20(22-5-2-3-6-24(22)29)14-25(31)27-9-10-28-15-19-13-21(17-28)23-7-4-8-26(32)30(23)16-19/h2-8,18-19,21H,9-17H2,1H3,(H,27,31). The fourth-order valence-electron chi connectivity index (χ4n) is 5.61. The molecule has 2 aliphatic rings. The number of likely N-dealkylation sites (tertiary alicyclic amines) is 1. The Kier molecular flexibility index (Phi) is 6.33. The minimum Gasteiger partial charge on any atom is -0.383 e. The number of methoxy groups -OCH3 is 1. The number of carbonyl (C=O) groups is 1. The van der Waals surface area contributed by atoms with E-state index in [1.165, 1.54) is 0 Å². The third-order valence-electron chi connectivity index (χ3n) is 7.06. The quantitative estimate of drug-likeness (QED) is 0.574. The summed E-state index contributed by atoms with van der Waals surface area (Å²) in [5.41, 5.74) is 3.47. The van der Waals surface area contributed by atoms with Crippen molar-refractivity contribution in [2.24, 2.45) is 5.92 Å². The zero-order valence-corrected chi connectivity index (χ0v) is 19.2. The van der Waals surface area contributed by atoms with Crippen molar-refractivity contribution in [3.63, 3.8) is 0 Å². The average molecular weight is 449 g/mol. The molecule has 1 aromatic carbocycles. The number of benzene rings is 1. The van der Waals surface area contributed by atoms with Crippen LogP contribution in [-0.2, 0) is 29.0 Å². The molecule has 2 unspecified atom stereocenters. The summed E-state index contributed by atoms with van der Waals surface area (Å²) in [7, 11) is 1.70. The molecule has 0 saturated carbocycles. The Morgan fingerprint density at radius 1 is 1.09 bits per heavy atom. The second kappa shape index (κ2) is 9.53. The van der Waals surface area contributed by atoms with Crippen LogP contribution in [0.2, 0.25) is 0 Å². The number of hydrogen-bond acceptors (Lipinski definition) is 4. The van der Waals surface area contributed by atoms with E-state index in [-0.39, 0.29) is 11.5 Å². The molecule has 2 atom stereocenters. The second-order valence-corrected chi connectivity index (χ2v) is 9.34. The fraction of sp³-hybridized carbons (Fsp3) is 0.462. The lowest BCUT2D eigenvalue weighted by atomic mass is 9.83. The first-order chi connectivity index (χ1) is 16.1. The number of nitrogens with one attached hydrogen (secondary N) is 1. The number of amides is 1. The lowest BCUT2D eigenvalue weighted by molar-refractivity contribution is -0.120. The Labute approximate surface area is 193 Å². The van der Waals surface area contributed by atoms with Crippen molar-refractivity contribution < 1.29 is 9.53 Å². The zero-order chi connectivity index (χ0) is 22.8. The van der Waals surface area contributed by atoms with E-state index in [2.05, 4.69) is 39.2 Å². The van der Waals surface area contributed by atoms with Crippen molar-refractivity contribution >= 4 is 16.8 Å². The van der Waals surface area contributed by atoms with Gasteiger partial charge in [-0.05, 0) is 30.0 Å². The van der Waals surface area contributed by atoms with E-state index >= 15 is 0 Å². The molecule has 1 N–H and O–H groups in total. The maximum absolute atomic E-state index is 12.7. The van der Waals surface area contributed by atoms with Crippen LogP contribution in [0.25, 0.3) is 10.9 Å². The summed E-state index contributed by atoms with van der Waals surface area (Å²) in [6.45, 7) is 5.63. The van der Waals surface area contributed by atoms with Crippen molar-refractivity contribution in [2.75, 3.05) is 39.9 Å². The maximum atomic E-state index is 12.7. The van der Waals surface area contributed by atoms with Crippen LogP contribution in [0.1, 0.15) is 23.6 Å². The maximum Gasteiger partial charge on any atom is 0.250 e. The van der Waals surface area contributed by atoms with Gasteiger partial charge in [0.15, 0.2) is 0 Å². The highest BCUT2D eigenvalue weighted by Crippen LogP contribution is 2.34. The number of hydrogen-bond donors (Lipinski definition) is 1. The molecule has 1 amide bonds. The van der Waals surface area contributed by atoms with Gasteiger partial charge in [-0.25, -0.2) is 0 Å². The number of piperidine rings is 1. The fourth-order valence-corrected chi connectivity index (χ4v) is 5.61. The summed E-state index contributed by atoms with van der Waals surface area (Å²) in [5, 5.41) is 4.25. The third kappa shape index (κ3) is 4.61. The van der Waals surface area contributed by atoms with Crippen LogP contribution in [0.5, 0.6) is 0 Å². The highest BCUT2D eigenvalue weighted by molar-refractivity contribution is 5.89. The minimum absolute atomic E-state index is 0.0544. The largest absolute Gasteiger partial charge is 0.383 e. The van der Waals surface area contributed by atoms with Crippen molar-refractivity contribution in [1.82, 2.24) is 19.4 Å². The molecule has 7 nitrogen and oxygen atoms in total. The number of carbonyl (C=O) groups excluding carboxylic acids is 1. The number of pyridine rings is 1. The molecule has 2 aliphatic heterocycles. The van der Waals surface area contributed by atoms with Crippen LogP contribution in [0, 0.1) is 5.92 Å². The van der Waals surface area contributed by atoms with E-state index < -0.39 is 0 Å². The van der Waals surface area contributed by atoms with E-state index in [1.807, 2.05) is 22.8 Å². The summed E-state index contributed by atoms with van der Waals surface area (Å²) in [4.78, 5) is 27.4. The topological polar surface area (TPSA) is 68.5 Å². The second-order valence-electron chi connectivity index (χ2n) is 9.34. The number of fused-ring (bicyclic) bond motifs is 5. The van der Waals surface area contributed by atoms with Crippen molar-refractivity contribution in [3.8, 4) is 0 Å². The van der Waals surface area contributed by atoms with E-state index in [0.29, 0.717) is 31.4 Å². The van der Waals surface area contributed by atoms with Gasteiger partial charge in [-0.2, -0.15) is 0 Å². The number of para-hydroxylation sites is 1. The molecule has 1 saturated heterocycles. The van der Waals surface area contributed by atoms with Gasteiger partial charge in [-0.1, -0.05) is 24.3 Å². The number of rotatable bonds is 8. The Morgan fingerprint density at radius 3 is 2.85 bits per heavy atom. The van der Waals surface area contributed by atoms with Crippen molar-refractivity contribution in [3.05, 3.63) is 70.3 Å². The Morgan fingerprint density at radius 2 is 1.97 bits per heavy atom. The highest BCUT2D eigenvalue weighted by atomic mass is 16.5. The Hall–Kier alpha value is -2.90. The number of ether oxygens (including phenoxy) is 1. The molecule has 0 radical (unpaired) electrons. The van der Waals surface area contributed by atoms with Gasteiger partial charge in [0.1, 0.15) is 0 Å². The van der Waals surface area contributed by atoms with E-state index in [4.69, 9.17) is 4.74 Å². The van der Waals surface area contributed by atoms with Crippen molar-refractivity contribution in [2.45, 2.75) is 31.8 Å². The van der Waals surface area contributed by atoms with Crippen LogP contribution >= 0.6 is 0 Å². The molecule has 0 aliphatic carbocycles. The van der Waals surface area contributed by atoms with E-state index in [1.54, 1.807) is 13.2 Å². The summed E-state index contributed by atoms with van der Waals surface area (Å²) >= 11 is 0. The molecule has 3 aromatic rings. The lowest BCUT2D eigenvalue weighted by Gasteiger charge is -2.42. The zero-order valence-electron chi connectivity index (χ0n) is 19.2. The van der Waals surface area contributed by atoms with Gasteiger partial charge in [-0.15, -0.1) is 0 Å². The molecular weight excluding hydrogens is 416 g/mol. The van der Waals surface area contributed by atoms with Gasteiger partial charge in [0.2, 0.25) is 5.91 Å². The Balaban J connectivity index is 1.17. The summed E-state index contributed by atoms with van der Waals surface area (Å²) in [6.07, 6.45) is 3.61. The monoisotopic (exact) mass is 448 g/mol. The number of aromatic nitrogens is 2. The molecule has 7 heteroatoms. The summed E-state index contributed by atoms with van der Waals surface area (Å²) in [5.74, 6) is 0.962. The van der Waals surface area contributed by atoms with Crippen LogP contribution in [0.3, 0.4) is 0 Å². The molecule has 0 spiro atoms. The van der Waals surface area contributed by atoms with Gasteiger partial charge >= 0.3 is 0 Å². The predicted octanol–water partition coefficient (Wildman–Crippen LogP) is 2.23. The highest BCUT2D eigenvalue weighted by Gasteiger charge is 2.34. The van der Waals surface area contributed by atoms with Crippen LogP contribution in [0.4, 0.5) is 0 Å². The molecule has 2 bridgehead atoms. The summed E-state index contributed by atoms with van der Waals surface area (Å²) in [6, 6.07) is 13.8. The summed E-state index contributed by atoms with van der Waals surface area (Å²) < 4.78 is 9.35. The smallest absolute Gasteiger partial charge is 0.250 e. The number of nitrogens with zero attached hydrogens (tertiary/aromatic N) is 3. The van der Waals surface area contributed by atoms with Gasteiger partial charge in [0.05, 0.1) is 13.0 Å². The normalized spacial score (nSPS) is 20.0. The van der Waals surface area contributed by atoms with Gasteiger partial charge in [0.25, 0.3) is 5.56 Å².